The molecule has 0 radical (unpaired) electrons. The molecule has 0 fully saturated rings. The molecule has 2 N–H and O–H groups in total. The van der Waals surface area contributed by atoms with Crippen molar-refractivity contribution in [3.8, 4) is 11.5 Å². The van der Waals surface area contributed by atoms with Crippen LogP contribution in [0.25, 0.3) is 6.08 Å². The van der Waals surface area contributed by atoms with Crippen LogP contribution in [-0.2, 0) is 9.59 Å². The Morgan fingerprint density at radius 3 is 2.83 bits per heavy atom. The molecule has 2 rings (SSSR count). The first-order chi connectivity index (χ1) is 11.0. The van der Waals surface area contributed by atoms with Crippen LogP contribution in [0.3, 0.4) is 0 Å². The maximum atomic E-state index is 12.3. The third-order valence-electron chi connectivity index (χ3n) is 3.30. The second-order valence-corrected chi connectivity index (χ2v) is 4.95. The molecule has 1 heterocycles. The summed E-state index contributed by atoms with van der Waals surface area (Å²) in [7, 11) is 0. The highest BCUT2D eigenvalue weighted by atomic mass is 16.5. The summed E-state index contributed by atoms with van der Waals surface area (Å²) in [5.74, 6) is -0.501. The number of carboxylic acids is 1. The molecular formula is C16H19NO6. The number of aliphatic carboxylic acids is 1. The van der Waals surface area contributed by atoms with Gasteiger partial charge < -0.3 is 24.6 Å². The van der Waals surface area contributed by atoms with E-state index in [1.54, 1.807) is 19.1 Å². The van der Waals surface area contributed by atoms with Crippen LogP contribution < -0.4 is 14.4 Å². The first-order valence-electron chi connectivity index (χ1n) is 7.28. The molecule has 7 heteroatoms. The Morgan fingerprint density at radius 2 is 2.22 bits per heavy atom. The van der Waals surface area contributed by atoms with Crippen molar-refractivity contribution in [1.82, 2.24) is 0 Å². The van der Waals surface area contributed by atoms with E-state index in [-0.39, 0.29) is 19.1 Å². The topological polar surface area (TPSA) is 96.3 Å². The first kappa shape index (κ1) is 16.8. The predicted molar refractivity (Wildman–Crippen MR) is 83.8 cm³/mol. The summed E-state index contributed by atoms with van der Waals surface area (Å²) >= 11 is 0. The lowest BCUT2D eigenvalue weighted by atomic mass is 10.1. The van der Waals surface area contributed by atoms with Gasteiger partial charge in [0, 0.05) is 12.6 Å². The Bertz CT molecular complexity index is 640. The zero-order valence-corrected chi connectivity index (χ0v) is 13.0. The van der Waals surface area contributed by atoms with Gasteiger partial charge in [-0.25, -0.2) is 4.79 Å². The Balaban J connectivity index is 2.55. The third-order valence-corrected chi connectivity index (χ3v) is 3.30. The van der Waals surface area contributed by atoms with E-state index >= 15 is 0 Å². The highest BCUT2D eigenvalue weighted by Gasteiger charge is 2.33. The van der Waals surface area contributed by atoms with Crippen LogP contribution >= 0.6 is 0 Å². The highest BCUT2D eigenvalue weighted by Crippen LogP contribution is 2.43. The maximum absolute atomic E-state index is 12.3. The molecule has 1 aromatic rings. The van der Waals surface area contributed by atoms with Gasteiger partial charge in [0.1, 0.15) is 0 Å². The summed E-state index contributed by atoms with van der Waals surface area (Å²) in [6.07, 6.45) is 1.72. The molecule has 23 heavy (non-hydrogen) atoms. The Labute approximate surface area is 133 Å². The molecule has 124 valence electrons. The Morgan fingerprint density at radius 1 is 1.48 bits per heavy atom. The predicted octanol–water partition coefficient (Wildman–Crippen LogP) is 1.29. The SMILES string of the molecule is CCOc1cc(/C=C/C(=O)O)cc2c1OC(C)C(=O)N2CCO. The van der Waals surface area contributed by atoms with Gasteiger partial charge in [0.2, 0.25) is 0 Å². The summed E-state index contributed by atoms with van der Waals surface area (Å²) in [6.45, 7) is 3.76. The molecule has 0 saturated carbocycles. The lowest BCUT2D eigenvalue weighted by Crippen LogP contribution is -2.45. The van der Waals surface area contributed by atoms with Crippen LogP contribution in [0.2, 0.25) is 0 Å². The largest absolute Gasteiger partial charge is 0.490 e. The van der Waals surface area contributed by atoms with Crippen molar-refractivity contribution >= 4 is 23.6 Å². The second-order valence-electron chi connectivity index (χ2n) is 4.95. The summed E-state index contributed by atoms with van der Waals surface area (Å²) in [5, 5.41) is 18.0. The number of ether oxygens (including phenoxy) is 2. The number of carbonyl (C=O) groups is 2. The van der Waals surface area contributed by atoms with Gasteiger partial charge in [-0.2, -0.15) is 0 Å². The van der Waals surface area contributed by atoms with Gasteiger partial charge in [0.15, 0.2) is 17.6 Å². The molecule has 0 saturated heterocycles. The van der Waals surface area contributed by atoms with Crippen LogP contribution in [0.1, 0.15) is 19.4 Å². The van der Waals surface area contributed by atoms with Crippen LogP contribution in [0.4, 0.5) is 5.69 Å². The minimum Gasteiger partial charge on any atom is -0.490 e. The van der Waals surface area contributed by atoms with Crippen molar-refractivity contribution in [2.24, 2.45) is 0 Å². The zero-order chi connectivity index (χ0) is 17.0. The molecule has 1 amide bonds. The number of rotatable bonds is 6. The molecule has 1 atom stereocenters. The summed E-state index contributed by atoms with van der Waals surface area (Å²) < 4.78 is 11.2. The summed E-state index contributed by atoms with van der Waals surface area (Å²) in [6, 6.07) is 3.29. The molecular weight excluding hydrogens is 302 g/mol. The fourth-order valence-electron chi connectivity index (χ4n) is 2.35. The number of fused-ring (bicyclic) bond motifs is 1. The Kier molecular flexibility index (Phi) is 5.23. The van der Waals surface area contributed by atoms with Gasteiger partial charge >= 0.3 is 5.97 Å². The lowest BCUT2D eigenvalue weighted by Gasteiger charge is -2.33. The number of hydrogen-bond acceptors (Lipinski definition) is 5. The van der Waals surface area contributed by atoms with E-state index in [4.69, 9.17) is 14.6 Å². The van der Waals surface area contributed by atoms with E-state index in [9.17, 15) is 14.7 Å². The monoisotopic (exact) mass is 321 g/mol. The minimum atomic E-state index is -1.08. The lowest BCUT2D eigenvalue weighted by molar-refractivity contribution is -0.131. The van der Waals surface area contributed by atoms with Crippen LogP contribution in [0.5, 0.6) is 11.5 Å². The van der Waals surface area contributed by atoms with Gasteiger partial charge in [-0.05, 0) is 37.6 Å². The van der Waals surface area contributed by atoms with E-state index in [0.29, 0.717) is 29.4 Å². The highest BCUT2D eigenvalue weighted by molar-refractivity contribution is 6.01. The molecule has 1 aliphatic rings. The number of amides is 1. The molecule has 0 aliphatic carbocycles. The summed E-state index contributed by atoms with van der Waals surface area (Å²) in [4.78, 5) is 24.4. The van der Waals surface area contributed by atoms with Crippen molar-refractivity contribution in [3.05, 3.63) is 23.8 Å². The third kappa shape index (κ3) is 3.62. The van der Waals surface area contributed by atoms with Crippen LogP contribution in [0.15, 0.2) is 18.2 Å². The smallest absolute Gasteiger partial charge is 0.328 e. The standard InChI is InChI=1S/C16H19NO6/c1-3-22-13-9-11(4-5-14(19)20)8-12-15(13)23-10(2)16(21)17(12)6-7-18/h4-5,8-10,18H,3,6-7H2,1-2H3,(H,19,20)/b5-4+. The zero-order valence-electron chi connectivity index (χ0n) is 13.0. The van der Waals surface area contributed by atoms with E-state index in [0.717, 1.165) is 6.08 Å². The quantitative estimate of drug-likeness (QED) is 0.767. The van der Waals surface area contributed by atoms with Crippen molar-refractivity contribution < 1.29 is 29.3 Å². The molecule has 1 aromatic carbocycles. The number of aliphatic hydroxyl groups is 1. The molecule has 0 bridgehead atoms. The van der Waals surface area contributed by atoms with Gasteiger partial charge in [-0.1, -0.05) is 0 Å². The van der Waals surface area contributed by atoms with Crippen molar-refractivity contribution in [2.75, 3.05) is 24.7 Å². The number of hydrogen-bond donors (Lipinski definition) is 2. The fourth-order valence-corrected chi connectivity index (χ4v) is 2.35. The number of aliphatic hydroxyl groups excluding tert-OH is 1. The average molecular weight is 321 g/mol. The number of carbonyl (C=O) groups excluding carboxylic acids is 1. The summed E-state index contributed by atoms with van der Waals surface area (Å²) in [5.41, 5.74) is 1.02. The molecule has 7 nitrogen and oxygen atoms in total. The molecule has 1 unspecified atom stereocenters. The molecule has 0 spiro atoms. The van der Waals surface area contributed by atoms with E-state index in [1.807, 2.05) is 6.92 Å². The molecule has 1 aliphatic heterocycles. The Hall–Kier alpha value is -2.54. The number of benzene rings is 1. The number of β-amino-alcohol motifs (C(OH)–C–C–N with tert-alkyl or cyclic N) is 1. The van der Waals surface area contributed by atoms with E-state index in [2.05, 4.69) is 0 Å². The number of anilines is 1. The van der Waals surface area contributed by atoms with Gasteiger partial charge in [-0.15, -0.1) is 0 Å². The van der Waals surface area contributed by atoms with Gasteiger partial charge in [0.25, 0.3) is 5.91 Å². The minimum absolute atomic E-state index is 0.122. The number of nitrogens with zero attached hydrogens (tertiary/aromatic N) is 1. The number of carboxylic acid groups (broad SMARTS) is 1. The second kappa shape index (κ2) is 7.15. The van der Waals surface area contributed by atoms with E-state index in [1.165, 1.54) is 11.0 Å². The molecule has 0 aromatic heterocycles. The van der Waals surface area contributed by atoms with Crippen molar-refractivity contribution in [3.63, 3.8) is 0 Å². The van der Waals surface area contributed by atoms with Crippen molar-refractivity contribution in [2.45, 2.75) is 20.0 Å². The van der Waals surface area contributed by atoms with Crippen LogP contribution in [-0.4, -0.2) is 48.0 Å². The van der Waals surface area contributed by atoms with Crippen molar-refractivity contribution in [1.29, 1.82) is 0 Å². The van der Waals surface area contributed by atoms with E-state index < -0.39 is 12.1 Å². The fraction of sp³-hybridized carbons (Fsp3) is 0.375. The first-order valence-corrected chi connectivity index (χ1v) is 7.28. The van der Waals surface area contributed by atoms with Crippen LogP contribution in [0, 0.1) is 0 Å². The van der Waals surface area contributed by atoms with Gasteiger partial charge in [-0.3, -0.25) is 4.79 Å². The average Bonchev–Trinajstić information content (AvgIpc) is 2.51. The van der Waals surface area contributed by atoms with Gasteiger partial charge in [0.05, 0.1) is 18.9 Å². The normalized spacial score (nSPS) is 17.1. The maximum Gasteiger partial charge on any atom is 0.328 e.